The highest BCUT2D eigenvalue weighted by molar-refractivity contribution is 5.95. The normalized spacial score (nSPS) is 23.4. The summed E-state index contributed by atoms with van der Waals surface area (Å²) in [5, 5.41) is 1.29. The fourth-order valence-electron chi connectivity index (χ4n) is 5.88. The van der Waals surface area contributed by atoms with Crippen LogP contribution in [0.25, 0.3) is 10.9 Å². The van der Waals surface area contributed by atoms with Gasteiger partial charge in [0.15, 0.2) is 5.92 Å². The molecule has 0 radical (unpaired) electrons. The summed E-state index contributed by atoms with van der Waals surface area (Å²) in [5.41, 5.74) is 3.62. The van der Waals surface area contributed by atoms with Crippen LogP contribution in [0, 0.1) is 11.3 Å². The number of piperidine rings is 1. The molecule has 2 aliphatic heterocycles. The number of carbonyl (C=O) groups is 2. The van der Waals surface area contributed by atoms with E-state index >= 15 is 0 Å². The molecule has 1 aromatic carbocycles. The van der Waals surface area contributed by atoms with Gasteiger partial charge in [0.25, 0.3) is 0 Å². The van der Waals surface area contributed by atoms with E-state index in [4.69, 9.17) is 9.47 Å². The number of para-hydroxylation sites is 1. The minimum atomic E-state index is -0.880. The summed E-state index contributed by atoms with van der Waals surface area (Å²) in [4.78, 5) is 31.9. The lowest BCUT2D eigenvalue weighted by Gasteiger charge is -2.52. The molecule has 6 nitrogen and oxygen atoms in total. The molecule has 2 atom stereocenters. The Bertz CT molecular complexity index is 934. The Hall–Kier alpha value is -2.34. The number of H-pyrrole nitrogens is 1. The molecule has 3 heterocycles. The molecule has 4 rings (SSSR count). The first-order chi connectivity index (χ1) is 15.0. The Morgan fingerprint density at radius 1 is 1.13 bits per heavy atom. The largest absolute Gasteiger partial charge is 0.465 e. The molecule has 6 heteroatoms. The van der Waals surface area contributed by atoms with E-state index in [-0.39, 0.29) is 24.7 Å². The monoisotopic (exact) mass is 426 g/mol. The van der Waals surface area contributed by atoms with E-state index in [2.05, 4.69) is 41.1 Å². The zero-order chi connectivity index (χ0) is 22.0. The minimum absolute atomic E-state index is 0.161. The van der Waals surface area contributed by atoms with Crippen molar-refractivity contribution in [3.63, 3.8) is 0 Å². The highest BCUT2D eigenvalue weighted by Crippen LogP contribution is 2.54. The van der Waals surface area contributed by atoms with Crippen molar-refractivity contribution in [3.8, 4) is 0 Å². The fraction of sp³-hybridized carbons (Fsp3) is 0.600. The second kappa shape index (κ2) is 9.03. The molecular formula is C25H34N2O4. The maximum atomic E-state index is 12.8. The third-order valence-corrected chi connectivity index (χ3v) is 7.29. The molecule has 0 amide bonds. The van der Waals surface area contributed by atoms with Crippen LogP contribution in [0.2, 0.25) is 0 Å². The molecule has 1 N–H and O–H groups in total. The number of ether oxygens (including phenoxy) is 2. The molecule has 0 spiro atoms. The second-order valence-corrected chi connectivity index (χ2v) is 8.83. The van der Waals surface area contributed by atoms with Gasteiger partial charge in [-0.15, -0.1) is 0 Å². The fourth-order valence-corrected chi connectivity index (χ4v) is 5.88. The standard InChI is InChI=1S/C25H34N2O4/c1-4-25(16-19(23(28)30-5-2)24(29)31-6-3)13-9-14-27-15-12-18-17-10-7-8-11-20(17)26-21(18)22(25)27/h7-8,10-11,19,22,26H,4-6,9,12-16H2,1-3H3/t22-,25-/m0/s1. The Morgan fingerprint density at radius 2 is 1.84 bits per heavy atom. The number of nitrogens with zero attached hydrogens (tertiary/aromatic N) is 1. The minimum Gasteiger partial charge on any atom is -0.465 e. The number of nitrogens with one attached hydrogen (secondary N) is 1. The Balaban J connectivity index is 1.76. The van der Waals surface area contributed by atoms with Gasteiger partial charge in [-0.05, 0) is 69.5 Å². The van der Waals surface area contributed by atoms with Crippen LogP contribution in [0.15, 0.2) is 24.3 Å². The van der Waals surface area contributed by atoms with Crippen molar-refractivity contribution < 1.29 is 19.1 Å². The number of aromatic amines is 1. The predicted molar refractivity (Wildman–Crippen MR) is 120 cm³/mol. The van der Waals surface area contributed by atoms with Crippen LogP contribution in [0.4, 0.5) is 0 Å². The van der Waals surface area contributed by atoms with Gasteiger partial charge in [-0.25, -0.2) is 0 Å². The first-order valence-corrected chi connectivity index (χ1v) is 11.7. The van der Waals surface area contributed by atoms with Gasteiger partial charge in [0.1, 0.15) is 0 Å². The van der Waals surface area contributed by atoms with Gasteiger partial charge in [-0.3, -0.25) is 14.5 Å². The SMILES string of the molecule is CCOC(=O)C(C[C@]1(CC)CCCN2CCc3c([nH]c4ccccc34)[C@H]21)C(=O)OCC. The predicted octanol–water partition coefficient (Wildman–Crippen LogP) is 4.39. The maximum absolute atomic E-state index is 12.8. The topological polar surface area (TPSA) is 71.6 Å². The summed E-state index contributed by atoms with van der Waals surface area (Å²) >= 11 is 0. The van der Waals surface area contributed by atoms with E-state index < -0.39 is 17.9 Å². The summed E-state index contributed by atoms with van der Waals surface area (Å²) in [6.07, 6.45) is 4.41. The van der Waals surface area contributed by atoms with E-state index in [1.54, 1.807) is 13.8 Å². The van der Waals surface area contributed by atoms with Crippen molar-refractivity contribution in [1.82, 2.24) is 9.88 Å². The molecule has 0 saturated carbocycles. The molecule has 0 unspecified atom stereocenters. The highest BCUT2D eigenvalue weighted by Gasteiger charge is 2.50. The molecule has 2 aromatic rings. The lowest BCUT2D eigenvalue weighted by molar-refractivity contribution is -0.165. The van der Waals surface area contributed by atoms with Gasteiger partial charge >= 0.3 is 11.9 Å². The number of benzene rings is 1. The third kappa shape index (κ3) is 3.86. The summed E-state index contributed by atoms with van der Waals surface area (Å²) in [5.74, 6) is -1.80. The lowest BCUT2D eigenvalue weighted by atomic mass is 9.64. The van der Waals surface area contributed by atoms with Crippen LogP contribution in [0.3, 0.4) is 0 Å². The average molecular weight is 427 g/mol. The smallest absolute Gasteiger partial charge is 0.320 e. The van der Waals surface area contributed by atoms with Crippen LogP contribution < -0.4 is 0 Å². The van der Waals surface area contributed by atoms with Crippen molar-refractivity contribution in [2.75, 3.05) is 26.3 Å². The Kier molecular flexibility index (Phi) is 6.37. The Labute approximate surface area is 184 Å². The van der Waals surface area contributed by atoms with Gasteiger partial charge in [-0.1, -0.05) is 25.1 Å². The molecule has 1 saturated heterocycles. The van der Waals surface area contributed by atoms with Crippen molar-refractivity contribution in [1.29, 1.82) is 0 Å². The lowest BCUT2D eigenvalue weighted by Crippen LogP contribution is -2.51. The molecular weight excluding hydrogens is 392 g/mol. The number of aromatic nitrogens is 1. The maximum Gasteiger partial charge on any atom is 0.320 e. The first-order valence-electron chi connectivity index (χ1n) is 11.7. The van der Waals surface area contributed by atoms with Crippen LogP contribution in [0.1, 0.15) is 63.8 Å². The van der Waals surface area contributed by atoms with E-state index in [1.165, 1.54) is 16.6 Å². The molecule has 2 aliphatic rings. The van der Waals surface area contributed by atoms with E-state index in [1.807, 2.05) is 0 Å². The Morgan fingerprint density at radius 3 is 2.52 bits per heavy atom. The number of esters is 2. The molecule has 168 valence electrons. The first kappa shape index (κ1) is 21.9. The van der Waals surface area contributed by atoms with E-state index in [0.717, 1.165) is 44.3 Å². The van der Waals surface area contributed by atoms with Gasteiger partial charge < -0.3 is 14.5 Å². The van der Waals surface area contributed by atoms with Crippen LogP contribution in [-0.2, 0) is 25.5 Å². The number of hydrogen-bond donors (Lipinski definition) is 1. The van der Waals surface area contributed by atoms with E-state index in [0.29, 0.717) is 6.42 Å². The van der Waals surface area contributed by atoms with Gasteiger partial charge in [0, 0.05) is 23.1 Å². The summed E-state index contributed by atoms with van der Waals surface area (Å²) in [6.45, 7) is 8.31. The van der Waals surface area contributed by atoms with Gasteiger partial charge in [0.05, 0.1) is 19.3 Å². The number of fused-ring (bicyclic) bond motifs is 5. The zero-order valence-electron chi connectivity index (χ0n) is 18.9. The van der Waals surface area contributed by atoms with Crippen LogP contribution in [-0.4, -0.2) is 48.1 Å². The number of carbonyl (C=O) groups excluding carboxylic acids is 2. The molecule has 0 bridgehead atoms. The van der Waals surface area contributed by atoms with Gasteiger partial charge in [0.2, 0.25) is 0 Å². The summed E-state index contributed by atoms with van der Waals surface area (Å²) in [6, 6.07) is 8.64. The highest BCUT2D eigenvalue weighted by atomic mass is 16.6. The van der Waals surface area contributed by atoms with Crippen LogP contribution >= 0.6 is 0 Å². The summed E-state index contributed by atoms with van der Waals surface area (Å²) in [7, 11) is 0. The third-order valence-electron chi connectivity index (χ3n) is 7.29. The zero-order valence-corrected chi connectivity index (χ0v) is 18.9. The van der Waals surface area contributed by atoms with E-state index in [9.17, 15) is 9.59 Å². The quantitative estimate of drug-likeness (QED) is 0.525. The second-order valence-electron chi connectivity index (χ2n) is 8.83. The molecule has 31 heavy (non-hydrogen) atoms. The number of rotatable bonds is 7. The van der Waals surface area contributed by atoms with Crippen molar-refractivity contribution in [2.45, 2.75) is 58.9 Å². The molecule has 1 fully saturated rings. The average Bonchev–Trinajstić information content (AvgIpc) is 3.16. The molecule has 1 aromatic heterocycles. The molecule has 0 aliphatic carbocycles. The number of hydrogen-bond acceptors (Lipinski definition) is 5. The summed E-state index contributed by atoms with van der Waals surface area (Å²) < 4.78 is 10.6. The van der Waals surface area contributed by atoms with Crippen molar-refractivity contribution in [2.24, 2.45) is 11.3 Å². The van der Waals surface area contributed by atoms with Gasteiger partial charge in [-0.2, -0.15) is 0 Å². The van der Waals surface area contributed by atoms with Crippen LogP contribution in [0.5, 0.6) is 0 Å². The van der Waals surface area contributed by atoms with Crippen molar-refractivity contribution >= 4 is 22.8 Å². The van der Waals surface area contributed by atoms with Crippen molar-refractivity contribution in [3.05, 3.63) is 35.5 Å².